The highest BCUT2D eigenvalue weighted by Crippen LogP contribution is 2.13. The maximum Gasteiger partial charge on any atom is 0.238 e. The van der Waals surface area contributed by atoms with E-state index in [1.54, 1.807) is 0 Å². The molecule has 0 radical (unpaired) electrons. The minimum Gasteiger partial charge on any atom is -0.298 e. The van der Waals surface area contributed by atoms with Crippen LogP contribution < -0.4 is 11.3 Å². The molecule has 1 aliphatic rings. The minimum atomic E-state index is -0.160. The molecule has 0 bridgehead atoms. The Morgan fingerprint density at radius 1 is 1.29 bits per heavy atom. The Bertz CT molecular complexity index is 460. The Balaban J connectivity index is 1.87. The average molecular weight is 290 g/mol. The summed E-state index contributed by atoms with van der Waals surface area (Å²) in [6, 6.07) is 8.86. The Hall–Kier alpha value is -1.43. The first kappa shape index (κ1) is 15.9. The number of carbonyl (C=O) groups excluding carboxylic acids is 1. The third kappa shape index (κ3) is 4.52. The molecule has 116 valence electrons. The number of rotatable bonds is 5. The molecule has 5 nitrogen and oxygen atoms in total. The monoisotopic (exact) mass is 290 g/mol. The Morgan fingerprint density at radius 3 is 2.52 bits per heavy atom. The Morgan fingerprint density at radius 2 is 1.95 bits per heavy atom. The fourth-order valence-electron chi connectivity index (χ4n) is 2.94. The molecule has 0 saturated carbocycles. The van der Waals surface area contributed by atoms with Crippen molar-refractivity contribution in [2.24, 2.45) is 5.84 Å². The second-order valence-electron chi connectivity index (χ2n) is 5.77. The van der Waals surface area contributed by atoms with Gasteiger partial charge in [-0.1, -0.05) is 31.2 Å². The second kappa shape index (κ2) is 7.54. The van der Waals surface area contributed by atoms with Crippen LogP contribution in [0.2, 0.25) is 0 Å². The molecule has 21 heavy (non-hydrogen) atoms. The first-order chi connectivity index (χ1) is 10.1. The lowest BCUT2D eigenvalue weighted by Crippen LogP contribution is -2.51. The van der Waals surface area contributed by atoms with Gasteiger partial charge in [0, 0.05) is 32.2 Å². The molecular weight excluding hydrogens is 264 g/mol. The summed E-state index contributed by atoms with van der Waals surface area (Å²) in [6.45, 7) is 10.0. The van der Waals surface area contributed by atoms with Gasteiger partial charge in [-0.25, -0.2) is 5.84 Å². The molecule has 1 atom stereocenters. The zero-order chi connectivity index (χ0) is 15.2. The Kier molecular flexibility index (Phi) is 5.73. The third-order valence-electron chi connectivity index (χ3n) is 4.21. The van der Waals surface area contributed by atoms with Gasteiger partial charge < -0.3 is 0 Å². The van der Waals surface area contributed by atoms with Gasteiger partial charge in [0.1, 0.15) is 0 Å². The highest BCUT2D eigenvalue weighted by molar-refractivity contribution is 5.77. The smallest absolute Gasteiger partial charge is 0.238 e. The number of amides is 1. The van der Waals surface area contributed by atoms with Crippen LogP contribution in [0.15, 0.2) is 24.3 Å². The number of benzene rings is 1. The van der Waals surface area contributed by atoms with E-state index in [2.05, 4.69) is 41.2 Å². The quantitative estimate of drug-likeness (QED) is 0.477. The number of nitrogens with zero attached hydrogens (tertiary/aromatic N) is 2. The first-order valence-electron chi connectivity index (χ1n) is 7.66. The lowest BCUT2D eigenvalue weighted by molar-refractivity contribution is -0.120. The molecular formula is C16H26N4O. The maximum absolute atomic E-state index is 11.2. The molecule has 1 aliphatic heterocycles. The van der Waals surface area contributed by atoms with Crippen molar-refractivity contribution in [2.75, 3.05) is 26.2 Å². The first-order valence-corrected chi connectivity index (χ1v) is 7.66. The summed E-state index contributed by atoms with van der Waals surface area (Å²) in [4.78, 5) is 16.2. The number of piperazine rings is 1. The number of hydrogen-bond donors (Lipinski definition) is 2. The molecule has 0 aliphatic carbocycles. The molecule has 1 aromatic rings. The van der Waals surface area contributed by atoms with E-state index in [-0.39, 0.29) is 5.91 Å². The van der Waals surface area contributed by atoms with Crippen LogP contribution in [-0.2, 0) is 17.8 Å². The molecule has 1 fully saturated rings. The van der Waals surface area contributed by atoms with Gasteiger partial charge >= 0.3 is 0 Å². The van der Waals surface area contributed by atoms with E-state index in [1.807, 2.05) is 12.1 Å². The largest absolute Gasteiger partial charge is 0.298 e. The topological polar surface area (TPSA) is 61.6 Å². The van der Waals surface area contributed by atoms with Gasteiger partial charge in [-0.05, 0) is 24.6 Å². The Labute approximate surface area is 127 Å². The second-order valence-corrected chi connectivity index (χ2v) is 5.77. The van der Waals surface area contributed by atoms with Crippen LogP contribution in [-0.4, -0.2) is 47.9 Å². The lowest BCUT2D eigenvalue weighted by Gasteiger charge is -2.39. The van der Waals surface area contributed by atoms with E-state index in [4.69, 9.17) is 5.84 Å². The summed E-state index contributed by atoms with van der Waals surface area (Å²) in [5, 5.41) is 0. The predicted molar refractivity (Wildman–Crippen MR) is 84.5 cm³/mol. The molecule has 0 spiro atoms. The van der Waals surface area contributed by atoms with Gasteiger partial charge in [-0.3, -0.25) is 20.0 Å². The summed E-state index contributed by atoms with van der Waals surface area (Å²) in [7, 11) is 0. The predicted octanol–water partition coefficient (Wildman–Crippen LogP) is 0.745. The zero-order valence-electron chi connectivity index (χ0n) is 13.0. The number of nitrogens with two attached hydrogens (primary N) is 1. The van der Waals surface area contributed by atoms with Crippen LogP contribution in [0.5, 0.6) is 0 Å². The molecule has 1 aromatic carbocycles. The van der Waals surface area contributed by atoms with Crippen molar-refractivity contribution in [3.8, 4) is 0 Å². The standard InChI is InChI=1S/C16H26N4O/c1-3-20-9-8-19(11-13(20)2)12-15-6-4-14(5-7-15)10-16(21)18-17/h4-7,13H,3,8-12,17H2,1-2H3,(H,18,21). The van der Waals surface area contributed by atoms with Crippen LogP contribution in [0.25, 0.3) is 0 Å². The van der Waals surface area contributed by atoms with Crippen LogP contribution in [0.3, 0.4) is 0 Å². The van der Waals surface area contributed by atoms with Crippen molar-refractivity contribution in [3.05, 3.63) is 35.4 Å². The average Bonchev–Trinajstić information content (AvgIpc) is 2.49. The SMILES string of the molecule is CCN1CCN(Cc2ccc(CC(=O)NN)cc2)CC1C. The molecule has 5 heteroatoms. The summed E-state index contributed by atoms with van der Waals surface area (Å²) in [5.41, 5.74) is 4.44. The van der Waals surface area contributed by atoms with Crippen LogP contribution >= 0.6 is 0 Å². The van der Waals surface area contributed by atoms with Crippen LogP contribution in [0, 0.1) is 0 Å². The fourth-order valence-corrected chi connectivity index (χ4v) is 2.94. The van der Waals surface area contributed by atoms with E-state index in [0.717, 1.165) is 38.3 Å². The van der Waals surface area contributed by atoms with E-state index >= 15 is 0 Å². The van der Waals surface area contributed by atoms with E-state index in [0.29, 0.717) is 12.5 Å². The number of nitrogens with one attached hydrogen (secondary N) is 1. The van der Waals surface area contributed by atoms with E-state index < -0.39 is 0 Å². The normalized spacial score (nSPS) is 20.4. The van der Waals surface area contributed by atoms with Crippen molar-refractivity contribution >= 4 is 5.91 Å². The summed E-state index contributed by atoms with van der Waals surface area (Å²) in [5.74, 6) is 4.94. The van der Waals surface area contributed by atoms with E-state index in [1.165, 1.54) is 5.56 Å². The third-order valence-corrected chi connectivity index (χ3v) is 4.21. The molecule has 1 heterocycles. The minimum absolute atomic E-state index is 0.160. The van der Waals surface area contributed by atoms with Crippen molar-refractivity contribution in [2.45, 2.75) is 32.9 Å². The molecule has 0 aromatic heterocycles. The number of likely N-dealkylation sites (N-methyl/N-ethyl adjacent to an activating group) is 1. The van der Waals surface area contributed by atoms with Gasteiger partial charge in [0.15, 0.2) is 0 Å². The van der Waals surface area contributed by atoms with Crippen molar-refractivity contribution in [1.82, 2.24) is 15.2 Å². The highest BCUT2D eigenvalue weighted by Gasteiger charge is 2.22. The number of hydrazine groups is 1. The maximum atomic E-state index is 11.2. The molecule has 1 amide bonds. The molecule has 3 N–H and O–H groups in total. The van der Waals surface area contributed by atoms with Crippen molar-refractivity contribution in [3.63, 3.8) is 0 Å². The van der Waals surface area contributed by atoms with Gasteiger partial charge in [0.25, 0.3) is 0 Å². The van der Waals surface area contributed by atoms with Crippen molar-refractivity contribution < 1.29 is 4.79 Å². The van der Waals surface area contributed by atoms with Crippen molar-refractivity contribution in [1.29, 1.82) is 0 Å². The van der Waals surface area contributed by atoms with Gasteiger partial charge in [0.2, 0.25) is 5.91 Å². The fraction of sp³-hybridized carbons (Fsp3) is 0.562. The number of hydrogen-bond acceptors (Lipinski definition) is 4. The van der Waals surface area contributed by atoms with E-state index in [9.17, 15) is 4.79 Å². The van der Waals surface area contributed by atoms with Gasteiger partial charge in [-0.2, -0.15) is 0 Å². The molecule has 1 unspecified atom stereocenters. The van der Waals surface area contributed by atoms with Gasteiger partial charge in [0.05, 0.1) is 6.42 Å². The number of carbonyl (C=O) groups is 1. The van der Waals surface area contributed by atoms with Crippen LogP contribution in [0.4, 0.5) is 0 Å². The zero-order valence-corrected chi connectivity index (χ0v) is 13.0. The summed E-state index contributed by atoms with van der Waals surface area (Å²) < 4.78 is 0. The lowest BCUT2D eigenvalue weighted by atomic mass is 10.1. The summed E-state index contributed by atoms with van der Waals surface area (Å²) in [6.07, 6.45) is 0.336. The van der Waals surface area contributed by atoms with Crippen LogP contribution in [0.1, 0.15) is 25.0 Å². The van der Waals surface area contributed by atoms with Gasteiger partial charge in [-0.15, -0.1) is 0 Å². The highest BCUT2D eigenvalue weighted by atomic mass is 16.2. The molecule has 2 rings (SSSR count). The summed E-state index contributed by atoms with van der Waals surface area (Å²) >= 11 is 0. The molecule has 1 saturated heterocycles.